The molecule has 1 fully saturated rings. The molecule has 1 aliphatic rings. The highest BCUT2D eigenvalue weighted by atomic mass is 31.2. The Morgan fingerprint density at radius 3 is 2.40 bits per heavy atom. The minimum Gasteiger partial charge on any atom is -0.479 e. The van der Waals surface area contributed by atoms with E-state index in [4.69, 9.17) is 12.7 Å². The summed E-state index contributed by atoms with van der Waals surface area (Å²) in [5.41, 5.74) is 0. The largest absolute Gasteiger partial charge is 0.479 e. The molecule has 0 saturated carbocycles. The maximum Gasteiger partial charge on any atom is 0.365 e. The van der Waals surface area contributed by atoms with Gasteiger partial charge in [-0.3, -0.25) is 0 Å². The van der Waals surface area contributed by atoms with Gasteiger partial charge in [-0.15, -0.1) is 0 Å². The van der Waals surface area contributed by atoms with Crippen molar-refractivity contribution in [1.82, 2.24) is 0 Å². The summed E-state index contributed by atoms with van der Waals surface area (Å²) in [6, 6.07) is 0. The molecular formula is C6H11BO2P+. The van der Waals surface area contributed by atoms with E-state index in [2.05, 4.69) is 0 Å². The molecule has 0 aromatic rings. The summed E-state index contributed by atoms with van der Waals surface area (Å²) < 4.78 is 0. The average molecular weight is 157 g/mol. The van der Waals surface area contributed by atoms with E-state index in [9.17, 15) is 4.79 Å². The Balaban J connectivity index is 2.43. The molecule has 0 aromatic heterocycles. The van der Waals surface area contributed by atoms with Gasteiger partial charge in [-0.1, -0.05) is 0 Å². The lowest BCUT2D eigenvalue weighted by atomic mass is 10.4. The van der Waals surface area contributed by atoms with E-state index >= 15 is 0 Å². The first-order valence-electron chi connectivity index (χ1n) is 3.49. The molecule has 1 aliphatic heterocycles. The second-order valence-electron chi connectivity index (χ2n) is 2.92. The highest BCUT2D eigenvalue weighted by molar-refractivity contribution is 7.98. The van der Waals surface area contributed by atoms with Crippen molar-refractivity contribution in [3.05, 3.63) is 0 Å². The predicted octanol–water partition coefficient (Wildman–Crippen LogP) is 0.966. The van der Waals surface area contributed by atoms with E-state index in [0.29, 0.717) is 0 Å². The number of aliphatic carboxylic acids is 1. The predicted molar refractivity (Wildman–Crippen MR) is 44.1 cm³/mol. The van der Waals surface area contributed by atoms with Gasteiger partial charge in [0.05, 0.1) is 0 Å². The highest BCUT2D eigenvalue weighted by Gasteiger charge is 2.37. The molecule has 1 heterocycles. The van der Waals surface area contributed by atoms with Crippen LogP contribution in [0.1, 0.15) is 12.8 Å². The van der Waals surface area contributed by atoms with Gasteiger partial charge in [0.15, 0.2) is 0 Å². The molecule has 0 unspecified atom stereocenters. The van der Waals surface area contributed by atoms with Crippen LogP contribution >= 0.6 is 7.14 Å². The number of carbonyl (C=O) groups is 1. The van der Waals surface area contributed by atoms with Gasteiger partial charge >= 0.3 is 13.5 Å². The lowest BCUT2D eigenvalue weighted by Crippen LogP contribution is -2.09. The number of carboxylic acid groups (broad SMARTS) is 1. The first-order valence-corrected chi connectivity index (χ1v) is 5.90. The molecular weight excluding hydrogens is 146 g/mol. The Kier molecular flexibility index (Phi) is 2.35. The number of hydrogen-bond donors (Lipinski definition) is 1. The van der Waals surface area contributed by atoms with Gasteiger partial charge in [-0.2, -0.15) is 0 Å². The smallest absolute Gasteiger partial charge is 0.365 e. The van der Waals surface area contributed by atoms with Crippen LogP contribution in [0.15, 0.2) is 0 Å². The Hall–Kier alpha value is -0.0351. The molecule has 0 aliphatic carbocycles. The van der Waals surface area contributed by atoms with Gasteiger partial charge in [0.2, 0.25) is 0 Å². The van der Waals surface area contributed by atoms with E-state index in [-0.39, 0.29) is 6.16 Å². The minimum absolute atomic E-state index is 0.243. The molecule has 1 N–H and O–H groups in total. The zero-order valence-corrected chi connectivity index (χ0v) is 6.81. The second kappa shape index (κ2) is 2.92. The fraction of sp³-hybridized carbons (Fsp3) is 0.833. The van der Waals surface area contributed by atoms with Crippen molar-refractivity contribution in [3.8, 4) is 0 Å². The standard InChI is InChI=1S/C6H11BO2P/c7-10(5-6(8)9)3-1-2-4-10/h1-5H2,(H,8,9)/q+1. The van der Waals surface area contributed by atoms with Gasteiger partial charge in [-0.05, 0) is 20.0 Å². The summed E-state index contributed by atoms with van der Waals surface area (Å²) in [7, 11) is 4.41. The Morgan fingerprint density at radius 1 is 1.50 bits per heavy atom. The SMILES string of the molecule is [B][P+]1(CC(=O)O)CCCC1. The van der Waals surface area contributed by atoms with Crippen LogP contribution in [0.5, 0.6) is 0 Å². The Labute approximate surface area is 62.7 Å². The molecule has 4 heteroatoms. The van der Waals surface area contributed by atoms with Crippen LogP contribution in [-0.2, 0) is 4.79 Å². The quantitative estimate of drug-likeness (QED) is 0.478. The van der Waals surface area contributed by atoms with Crippen molar-refractivity contribution in [2.45, 2.75) is 12.8 Å². The number of carboxylic acids is 1. The summed E-state index contributed by atoms with van der Waals surface area (Å²) in [5, 5.41) is 8.49. The van der Waals surface area contributed by atoms with Crippen molar-refractivity contribution in [3.63, 3.8) is 0 Å². The van der Waals surface area contributed by atoms with Gasteiger partial charge in [0, 0.05) is 12.3 Å². The molecule has 54 valence electrons. The highest BCUT2D eigenvalue weighted by Crippen LogP contribution is 2.58. The summed E-state index contributed by atoms with van der Waals surface area (Å²) >= 11 is 0. The molecule has 1 saturated heterocycles. The topological polar surface area (TPSA) is 37.3 Å². The molecule has 0 amide bonds. The van der Waals surface area contributed by atoms with Crippen LogP contribution in [0.4, 0.5) is 0 Å². The fourth-order valence-corrected chi connectivity index (χ4v) is 4.18. The molecule has 2 nitrogen and oxygen atoms in total. The van der Waals surface area contributed by atoms with Crippen LogP contribution in [0, 0.1) is 0 Å². The van der Waals surface area contributed by atoms with Crippen molar-refractivity contribution in [2.75, 3.05) is 18.5 Å². The minimum atomic E-state index is -1.48. The van der Waals surface area contributed by atoms with Crippen molar-refractivity contribution in [1.29, 1.82) is 0 Å². The molecule has 0 atom stereocenters. The Morgan fingerprint density at radius 2 is 2.00 bits per heavy atom. The maximum atomic E-state index is 10.3. The zero-order chi connectivity index (χ0) is 7.61. The molecule has 10 heavy (non-hydrogen) atoms. The Bertz CT molecular complexity index is 143. The van der Waals surface area contributed by atoms with Crippen molar-refractivity contribution >= 4 is 20.7 Å². The van der Waals surface area contributed by atoms with Crippen LogP contribution in [0.2, 0.25) is 0 Å². The lowest BCUT2D eigenvalue weighted by molar-refractivity contribution is -0.134. The van der Waals surface area contributed by atoms with Gasteiger partial charge in [-0.25, -0.2) is 4.79 Å². The molecule has 0 bridgehead atoms. The van der Waals surface area contributed by atoms with Crippen LogP contribution < -0.4 is 0 Å². The van der Waals surface area contributed by atoms with Crippen LogP contribution in [0.25, 0.3) is 0 Å². The maximum absolute atomic E-state index is 10.3. The lowest BCUT2D eigenvalue weighted by Gasteiger charge is -2.12. The third-order valence-electron chi connectivity index (χ3n) is 1.91. The van der Waals surface area contributed by atoms with Crippen LogP contribution in [-0.4, -0.2) is 37.1 Å². The third-order valence-corrected chi connectivity index (χ3v) is 5.22. The van der Waals surface area contributed by atoms with Gasteiger partial charge < -0.3 is 5.11 Å². The summed E-state index contributed by atoms with van der Waals surface area (Å²) in [4.78, 5) is 10.3. The summed E-state index contributed by atoms with van der Waals surface area (Å²) in [6.45, 7) is 0. The molecule has 0 aromatic carbocycles. The third kappa shape index (κ3) is 1.98. The first-order chi connectivity index (χ1) is 4.62. The van der Waals surface area contributed by atoms with E-state index in [1.54, 1.807) is 0 Å². The van der Waals surface area contributed by atoms with E-state index < -0.39 is 13.1 Å². The molecule has 2 radical (unpaired) electrons. The van der Waals surface area contributed by atoms with E-state index in [1.807, 2.05) is 0 Å². The van der Waals surface area contributed by atoms with Gasteiger partial charge in [0.1, 0.15) is 6.16 Å². The normalized spacial score (nSPS) is 22.8. The zero-order valence-electron chi connectivity index (χ0n) is 5.92. The number of rotatable bonds is 2. The number of hydrogen-bond acceptors (Lipinski definition) is 1. The molecule has 1 rings (SSSR count). The first kappa shape index (κ1) is 8.07. The monoisotopic (exact) mass is 157 g/mol. The fourth-order valence-electron chi connectivity index (χ4n) is 1.39. The van der Waals surface area contributed by atoms with Crippen molar-refractivity contribution < 1.29 is 9.90 Å². The summed E-state index contributed by atoms with van der Waals surface area (Å²) in [6.07, 6.45) is 4.49. The van der Waals surface area contributed by atoms with E-state index in [0.717, 1.165) is 25.2 Å². The second-order valence-corrected chi connectivity index (χ2v) is 6.57. The van der Waals surface area contributed by atoms with E-state index in [1.165, 1.54) is 0 Å². The van der Waals surface area contributed by atoms with Crippen LogP contribution in [0.3, 0.4) is 0 Å². The molecule has 0 spiro atoms. The average Bonchev–Trinajstić information content (AvgIpc) is 2.12. The van der Waals surface area contributed by atoms with Crippen molar-refractivity contribution in [2.24, 2.45) is 0 Å². The summed E-state index contributed by atoms with van der Waals surface area (Å²) in [5.74, 6) is -0.724. The van der Waals surface area contributed by atoms with Gasteiger partial charge in [0.25, 0.3) is 0 Å².